The Kier molecular flexibility index (Phi) is 7.69. The summed E-state index contributed by atoms with van der Waals surface area (Å²) in [7, 11) is 0. The number of fused-ring (bicyclic) bond motifs is 1. The molecule has 6 atom stereocenters. The third-order valence-corrected chi connectivity index (χ3v) is 10.1. The number of hydrogen-bond acceptors (Lipinski definition) is 11. The van der Waals surface area contributed by atoms with Crippen LogP contribution in [0.3, 0.4) is 0 Å². The van der Waals surface area contributed by atoms with Gasteiger partial charge < -0.3 is 25.5 Å². The fourth-order valence-corrected chi connectivity index (χ4v) is 8.08. The Bertz CT molecular complexity index is 1370. The van der Waals surface area contributed by atoms with Crippen molar-refractivity contribution in [3.8, 4) is 0 Å². The van der Waals surface area contributed by atoms with Crippen LogP contribution in [0.2, 0.25) is 0 Å². The number of carbonyl (C=O) groups excluding carboxylic acids is 3. The highest BCUT2D eigenvalue weighted by atomic mass is 32.2. The lowest BCUT2D eigenvalue weighted by molar-refractivity contribution is -0.158. The molecule has 3 saturated heterocycles. The van der Waals surface area contributed by atoms with E-state index in [1.54, 1.807) is 24.1 Å². The first-order valence-electron chi connectivity index (χ1n) is 14.1. The van der Waals surface area contributed by atoms with Gasteiger partial charge in [-0.1, -0.05) is 6.92 Å². The topological polar surface area (TPSA) is 193 Å². The van der Waals surface area contributed by atoms with E-state index in [4.69, 9.17) is 0 Å². The lowest BCUT2D eigenvalue weighted by Gasteiger charge is -2.47. The first-order valence-corrected chi connectivity index (χ1v) is 15.0. The third-order valence-electron chi connectivity index (χ3n) is 8.64. The number of carboxylic acids is 1. The third kappa shape index (κ3) is 5.14. The molecule has 17 heteroatoms. The van der Waals surface area contributed by atoms with Crippen molar-refractivity contribution in [3.63, 3.8) is 0 Å². The number of hydrogen-bond donors (Lipinski definition) is 3. The summed E-state index contributed by atoms with van der Waals surface area (Å²) in [6.07, 6.45) is 6.79. The van der Waals surface area contributed by atoms with E-state index in [-0.39, 0.29) is 59.3 Å². The van der Waals surface area contributed by atoms with E-state index in [0.717, 1.165) is 12.8 Å². The van der Waals surface area contributed by atoms with Crippen molar-refractivity contribution in [2.24, 2.45) is 11.8 Å². The molecule has 6 heterocycles. The maximum atomic E-state index is 13.3. The molecule has 1 unspecified atom stereocenters. The van der Waals surface area contributed by atoms with E-state index in [1.807, 2.05) is 11.8 Å². The molecule has 16 nitrogen and oxygen atoms in total. The van der Waals surface area contributed by atoms with Crippen LogP contribution in [0, 0.1) is 11.8 Å². The van der Waals surface area contributed by atoms with Gasteiger partial charge in [0, 0.05) is 41.7 Å². The number of β-lactam (4-membered cyclic amide) rings is 1. The molecular formula is C25H33N11O5S. The molecule has 0 saturated carbocycles. The first-order chi connectivity index (χ1) is 20.2. The van der Waals surface area contributed by atoms with Gasteiger partial charge in [0.1, 0.15) is 18.6 Å². The Balaban J connectivity index is 1.06. The number of aliphatic carboxylic acids is 1. The van der Waals surface area contributed by atoms with Crippen molar-refractivity contribution < 1.29 is 24.3 Å². The van der Waals surface area contributed by atoms with Crippen molar-refractivity contribution in [2.75, 3.05) is 19.6 Å². The molecule has 2 aromatic heterocycles. The van der Waals surface area contributed by atoms with Gasteiger partial charge in [0.2, 0.25) is 17.7 Å². The summed E-state index contributed by atoms with van der Waals surface area (Å²) in [5.74, 6) is -2.54. The zero-order valence-electron chi connectivity index (χ0n) is 23.2. The predicted molar refractivity (Wildman–Crippen MR) is 146 cm³/mol. The number of amides is 3. The molecule has 0 radical (unpaired) electrons. The molecule has 4 aliphatic heterocycles. The molecule has 6 rings (SSSR count). The average Bonchev–Trinajstić information content (AvgIpc) is 3.78. The zero-order valence-corrected chi connectivity index (χ0v) is 24.1. The summed E-state index contributed by atoms with van der Waals surface area (Å²) in [6.45, 7) is 5.42. The average molecular weight is 600 g/mol. The minimum Gasteiger partial charge on any atom is -0.477 e. The summed E-state index contributed by atoms with van der Waals surface area (Å²) >= 11 is 1.44. The quantitative estimate of drug-likeness (QED) is 0.294. The molecule has 42 heavy (non-hydrogen) atoms. The predicted octanol–water partition coefficient (Wildman–Crippen LogP) is -1.13. The lowest BCUT2D eigenvalue weighted by Crippen LogP contribution is -2.66. The van der Waals surface area contributed by atoms with Crippen LogP contribution in [0.5, 0.6) is 0 Å². The number of carboxylic acid groups (broad SMARTS) is 1. The highest BCUT2D eigenvalue weighted by Gasteiger charge is 2.60. The summed E-state index contributed by atoms with van der Waals surface area (Å²) in [4.78, 5) is 56.9. The molecule has 2 aromatic rings. The highest BCUT2D eigenvalue weighted by molar-refractivity contribution is 8.03. The van der Waals surface area contributed by atoms with Gasteiger partial charge in [-0.3, -0.25) is 14.4 Å². The number of nitrogens with one attached hydrogen (secondary N) is 2. The van der Waals surface area contributed by atoms with Gasteiger partial charge in [0.25, 0.3) is 0 Å². The zero-order chi connectivity index (χ0) is 29.5. The van der Waals surface area contributed by atoms with Gasteiger partial charge in [-0.05, 0) is 36.6 Å². The van der Waals surface area contributed by atoms with Crippen molar-refractivity contribution in [3.05, 3.63) is 29.3 Å². The summed E-state index contributed by atoms with van der Waals surface area (Å²) in [5, 5.41) is 35.4. The second-order valence-corrected chi connectivity index (χ2v) is 12.6. The maximum absolute atomic E-state index is 13.3. The van der Waals surface area contributed by atoms with Crippen LogP contribution in [-0.4, -0.2) is 117 Å². The standard InChI is InChI=1S/C25H33N11O5S/c1-13-20-19(14(2)30-18(37)11-34-12-27-31-32-34)24(39)35(20)21(25(40)41)22(13)42-16-9-17(26-10-16)23(38)33-7-3-15(4-8-33)36-28-5-6-29-36/h5-6,12-17,19-20,26H,3-4,7-11H2,1-2H3,(H,30,37)(H,40,41)/t13-,14?,16+,17+,19-,20-/m1/s1. The van der Waals surface area contributed by atoms with E-state index in [9.17, 15) is 24.3 Å². The van der Waals surface area contributed by atoms with Crippen molar-refractivity contribution in [2.45, 2.75) is 69.1 Å². The van der Waals surface area contributed by atoms with E-state index in [1.165, 1.54) is 27.7 Å². The smallest absolute Gasteiger partial charge is 0.353 e. The van der Waals surface area contributed by atoms with Gasteiger partial charge >= 0.3 is 5.97 Å². The van der Waals surface area contributed by atoms with Crippen LogP contribution in [0.1, 0.15) is 39.2 Å². The molecule has 0 aromatic carbocycles. The van der Waals surface area contributed by atoms with Crippen molar-refractivity contribution in [1.29, 1.82) is 0 Å². The van der Waals surface area contributed by atoms with E-state index in [0.29, 0.717) is 31.0 Å². The second kappa shape index (κ2) is 11.4. The van der Waals surface area contributed by atoms with Crippen molar-refractivity contribution >= 4 is 35.5 Å². The van der Waals surface area contributed by atoms with Gasteiger partial charge in [0.05, 0.1) is 36.4 Å². The Morgan fingerprint density at radius 1 is 1.21 bits per heavy atom. The Morgan fingerprint density at radius 3 is 2.62 bits per heavy atom. The minimum absolute atomic E-state index is 0.00930. The van der Waals surface area contributed by atoms with Crippen LogP contribution in [-0.2, 0) is 25.7 Å². The largest absolute Gasteiger partial charge is 0.477 e. The normalized spacial score (nSPS) is 28.5. The number of tetrazole rings is 1. The van der Waals surface area contributed by atoms with Gasteiger partial charge in [-0.15, -0.1) is 16.9 Å². The Morgan fingerprint density at radius 2 is 1.95 bits per heavy atom. The molecule has 224 valence electrons. The van der Waals surface area contributed by atoms with Crippen LogP contribution < -0.4 is 10.6 Å². The summed E-state index contributed by atoms with van der Waals surface area (Å²) in [5.41, 5.74) is 0.00930. The molecular weight excluding hydrogens is 566 g/mol. The maximum Gasteiger partial charge on any atom is 0.353 e. The summed E-state index contributed by atoms with van der Waals surface area (Å²) in [6, 6.07) is -1.03. The van der Waals surface area contributed by atoms with Crippen LogP contribution in [0.15, 0.2) is 29.3 Å². The molecule has 3 N–H and O–H groups in total. The molecule has 3 amide bonds. The van der Waals surface area contributed by atoms with Gasteiger partial charge in [-0.2, -0.15) is 15.0 Å². The molecule has 0 spiro atoms. The number of carbonyl (C=O) groups is 4. The van der Waals surface area contributed by atoms with Crippen LogP contribution >= 0.6 is 11.8 Å². The number of thioether (sulfide) groups is 1. The molecule has 3 fully saturated rings. The lowest BCUT2D eigenvalue weighted by atomic mass is 9.78. The van der Waals surface area contributed by atoms with E-state index >= 15 is 0 Å². The molecule has 0 aliphatic carbocycles. The minimum atomic E-state index is -1.15. The monoisotopic (exact) mass is 599 g/mol. The van der Waals surface area contributed by atoms with E-state index < -0.39 is 17.9 Å². The SMILES string of the molecule is CC(NC(=O)Cn1cnnn1)[C@H]1C(=O)N2C(C(=O)O)=C(S[C@@H]3CN[C@H](C(=O)N4CCC(n5nccn5)CC4)C3)[C@H](C)[C@H]12. The number of rotatable bonds is 9. The second-order valence-electron chi connectivity index (χ2n) is 11.2. The van der Waals surface area contributed by atoms with Crippen molar-refractivity contribution in [1.82, 2.24) is 55.6 Å². The first kappa shape index (κ1) is 28.3. The van der Waals surface area contributed by atoms with Gasteiger partial charge in [-0.25, -0.2) is 9.48 Å². The molecule has 0 bridgehead atoms. The number of aromatic nitrogens is 7. The fraction of sp³-hybridized carbons (Fsp3) is 0.640. The molecule has 4 aliphatic rings. The van der Waals surface area contributed by atoms with Gasteiger partial charge in [0.15, 0.2) is 0 Å². The Hall–Kier alpha value is -3.86. The fourth-order valence-electron chi connectivity index (χ4n) is 6.60. The Labute approximate surface area is 245 Å². The number of nitrogens with zero attached hydrogens (tertiary/aromatic N) is 9. The van der Waals surface area contributed by atoms with Crippen LogP contribution in [0.4, 0.5) is 0 Å². The highest BCUT2D eigenvalue weighted by Crippen LogP contribution is 2.51. The van der Waals surface area contributed by atoms with E-state index in [2.05, 4.69) is 36.4 Å². The van der Waals surface area contributed by atoms with Crippen LogP contribution in [0.25, 0.3) is 0 Å². The number of likely N-dealkylation sites (tertiary alicyclic amines) is 1. The summed E-state index contributed by atoms with van der Waals surface area (Å²) < 4.78 is 1.28. The number of piperidine rings is 1.